The van der Waals surface area contributed by atoms with Crippen LogP contribution in [0.4, 0.5) is 0 Å². The molecular weight excluding hydrogens is 124 g/mol. The minimum atomic E-state index is 0.624. The van der Waals surface area contributed by atoms with Crippen LogP contribution in [0.3, 0.4) is 0 Å². The number of aldehydes is 1. The zero-order valence-corrected chi connectivity index (χ0v) is 5.29. The van der Waals surface area contributed by atoms with Crippen LogP contribution in [0.2, 0.25) is 0 Å². The van der Waals surface area contributed by atoms with Crippen molar-refractivity contribution >= 4 is 6.29 Å². The van der Waals surface area contributed by atoms with Crippen molar-refractivity contribution in [1.82, 2.24) is 0 Å². The van der Waals surface area contributed by atoms with Crippen molar-refractivity contribution in [3.8, 4) is 5.92 Å². The predicted molar refractivity (Wildman–Crippen MR) is 38.1 cm³/mol. The summed E-state index contributed by atoms with van der Waals surface area (Å²) < 4.78 is 0. The quantitative estimate of drug-likeness (QED) is 0.318. The molecule has 10 heavy (non-hydrogen) atoms. The number of carbonyl (C=O) groups is 1. The molecule has 46 valence electrons. The number of hydrogen-bond acceptors (Lipinski definition) is 1. The van der Waals surface area contributed by atoms with E-state index in [0.29, 0.717) is 11.1 Å². The van der Waals surface area contributed by atoms with E-state index in [0.717, 1.165) is 6.29 Å². The Bertz CT molecular complexity index is 264. The van der Waals surface area contributed by atoms with Crippen LogP contribution in [-0.2, 0) is 0 Å². The van der Waals surface area contributed by atoms with Gasteiger partial charge in [-0.05, 0) is 0 Å². The summed E-state index contributed by atoms with van der Waals surface area (Å²) >= 11 is 0. The predicted octanol–water partition coefficient (Wildman–Crippen LogP) is 1.44. The maximum absolute atomic E-state index is 10.1. The average molecular weight is 129 g/mol. The Morgan fingerprint density at radius 1 is 1.30 bits per heavy atom. The second-order valence-corrected chi connectivity index (χ2v) is 1.86. The van der Waals surface area contributed by atoms with E-state index < -0.39 is 0 Å². The van der Waals surface area contributed by atoms with Crippen LogP contribution in [0.15, 0.2) is 24.3 Å². The Kier molecular flexibility index (Phi) is 2.03. The van der Waals surface area contributed by atoms with Gasteiger partial charge in [0.2, 0.25) is 0 Å². The summed E-state index contributed by atoms with van der Waals surface area (Å²) in [5, 5.41) is 0. The topological polar surface area (TPSA) is 17.1 Å². The summed E-state index contributed by atoms with van der Waals surface area (Å²) in [4.78, 5) is 10.1. The van der Waals surface area contributed by atoms with Gasteiger partial charge in [-0.25, -0.2) is 0 Å². The van der Waals surface area contributed by atoms with Crippen LogP contribution in [-0.4, -0.2) is 6.29 Å². The third kappa shape index (κ3) is 1.34. The summed E-state index contributed by atoms with van der Waals surface area (Å²) in [6.07, 6.45) is 7.50. The Morgan fingerprint density at radius 2 is 1.90 bits per heavy atom. The fourth-order valence-electron chi connectivity index (χ4n) is 0.645. The monoisotopic (exact) mass is 129 g/mol. The molecule has 0 N–H and O–H groups in total. The van der Waals surface area contributed by atoms with Crippen molar-refractivity contribution in [2.24, 2.45) is 0 Å². The molecule has 0 spiro atoms. The fourth-order valence-corrected chi connectivity index (χ4v) is 0.645. The second kappa shape index (κ2) is 3.00. The van der Waals surface area contributed by atoms with Crippen molar-refractivity contribution in [2.75, 3.05) is 0 Å². The van der Waals surface area contributed by atoms with Gasteiger partial charge in [-0.15, -0.1) is 0 Å². The van der Waals surface area contributed by atoms with E-state index in [4.69, 9.17) is 6.42 Å². The molecule has 0 aliphatic carbocycles. The van der Waals surface area contributed by atoms with Crippen LogP contribution in [0.25, 0.3) is 0 Å². The molecule has 0 saturated heterocycles. The van der Waals surface area contributed by atoms with Crippen molar-refractivity contribution in [2.45, 2.75) is 0 Å². The average Bonchev–Trinajstić information content (AvgIpc) is 2.05. The summed E-state index contributed by atoms with van der Waals surface area (Å²) in [5.41, 5.74) is 1.31. The van der Waals surface area contributed by atoms with Gasteiger partial charge in [-0.1, -0.05) is 0 Å². The van der Waals surface area contributed by atoms with E-state index in [9.17, 15) is 4.79 Å². The van der Waals surface area contributed by atoms with Gasteiger partial charge in [0.15, 0.2) is 0 Å². The molecule has 0 aromatic heterocycles. The zero-order valence-electron chi connectivity index (χ0n) is 5.29. The molecule has 0 heterocycles. The maximum atomic E-state index is 10.1. The molecule has 0 aliphatic heterocycles. The van der Waals surface area contributed by atoms with Crippen molar-refractivity contribution in [1.29, 1.82) is 0 Å². The van der Waals surface area contributed by atoms with E-state index in [2.05, 4.69) is 5.92 Å². The van der Waals surface area contributed by atoms with Gasteiger partial charge in [-0.2, -0.15) is 0 Å². The Balaban J connectivity index is 3.04. The molecule has 1 rings (SSSR count). The molecule has 0 saturated carbocycles. The molecule has 0 aliphatic rings. The Labute approximate surface area is 59.7 Å². The van der Waals surface area contributed by atoms with Crippen LogP contribution >= 0.6 is 0 Å². The molecule has 0 radical (unpaired) electrons. The first-order valence-corrected chi connectivity index (χ1v) is 2.85. The van der Waals surface area contributed by atoms with Crippen molar-refractivity contribution < 1.29 is 4.79 Å². The first-order valence-electron chi connectivity index (χ1n) is 2.85. The van der Waals surface area contributed by atoms with E-state index in [1.165, 1.54) is 0 Å². The normalized spacial score (nSPS) is 8.60. The zero-order chi connectivity index (χ0) is 7.40. The number of benzene rings is 1. The van der Waals surface area contributed by atoms with Crippen LogP contribution in [0.5, 0.6) is 0 Å². The van der Waals surface area contributed by atoms with E-state index >= 15 is 0 Å². The summed E-state index contributed by atoms with van der Waals surface area (Å²) in [6.45, 7) is 0. The Hall–Kier alpha value is -1.33. The first-order chi connectivity index (χ1) is 4.86. The van der Waals surface area contributed by atoms with Crippen LogP contribution < -0.4 is 0 Å². The van der Waals surface area contributed by atoms with Gasteiger partial charge < -0.3 is 0 Å². The van der Waals surface area contributed by atoms with Gasteiger partial charge in [-0.3, -0.25) is 0 Å². The molecular formula is C9H5O+. The van der Waals surface area contributed by atoms with Gasteiger partial charge >= 0.3 is 58.8 Å². The van der Waals surface area contributed by atoms with E-state index in [1.54, 1.807) is 24.3 Å². The minimum absolute atomic E-state index is 0.624. The standard InChI is InChI=1S/C9H5O/c1-2-8-3-5-9(7-10)6-4-8/h3-7H/q+1. The summed E-state index contributed by atoms with van der Waals surface area (Å²) in [5.74, 6) is 2.21. The molecule has 1 aromatic carbocycles. The summed E-state index contributed by atoms with van der Waals surface area (Å²) in [6, 6.07) is 6.67. The van der Waals surface area contributed by atoms with Crippen LogP contribution in [0.1, 0.15) is 15.9 Å². The van der Waals surface area contributed by atoms with Crippen molar-refractivity contribution in [3.05, 3.63) is 41.8 Å². The third-order valence-electron chi connectivity index (χ3n) is 1.19. The molecule has 0 bridgehead atoms. The van der Waals surface area contributed by atoms with Gasteiger partial charge in [0.05, 0.1) is 0 Å². The molecule has 0 unspecified atom stereocenters. The molecule has 1 heteroatoms. The molecule has 0 amide bonds. The number of hydrogen-bond donors (Lipinski definition) is 0. The molecule has 0 fully saturated rings. The SMILES string of the molecule is [C+]#Cc1ccc(C=O)cc1. The number of rotatable bonds is 1. The van der Waals surface area contributed by atoms with Gasteiger partial charge in [0, 0.05) is 0 Å². The van der Waals surface area contributed by atoms with Gasteiger partial charge in [0.1, 0.15) is 0 Å². The van der Waals surface area contributed by atoms with Gasteiger partial charge in [0.25, 0.3) is 0 Å². The van der Waals surface area contributed by atoms with E-state index in [1.807, 2.05) is 0 Å². The number of carbonyl (C=O) groups excluding carboxylic acids is 1. The first kappa shape index (κ1) is 6.79. The molecule has 1 nitrogen and oxygen atoms in total. The second-order valence-electron chi connectivity index (χ2n) is 1.86. The van der Waals surface area contributed by atoms with Crippen molar-refractivity contribution in [3.63, 3.8) is 0 Å². The third-order valence-corrected chi connectivity index (χ3v) is 1.19. The Morgan fingerprint density at radius 3 is 2.30 bits per heavy atom. The summed E-state index contributed by atoms with van der Waals surface area (Å²) in [7, 11) is 0. The van der Waals surface area contributed by atoms with Crippen LogP contribution in [0, 0.1) is 12.3 Å². The fraction of sp³-hybridized carbons (Fsp3) is 0. The molecule has 0 atom stereocenters. The molecule has 1 aromatic rings. The van der Waals surface area contributed by atoms with E-state index in [-0.39, 0.29) is 0 Å².